The number of imidazole rings is 1. The number of methoxy groups -OCH3 is 1. The van der Waals surface area contributed by atoms with E-state index in [4.69, 9.17) is 4.74 Å². The van der Waals surface area contributed by atoms with Crippen LogP contribution in [-0.4, -0.2) is 26.9 Å². The van der Waals surface area contributed by atoms with E-state index >= 15 is 0 Å². The van der Waals surface area contributed by atoms with E-state index in [1.165, 1.54) is 18.4 Å². The van der Waals surface area contributed by atoms with Crippen LogP contribution in [0.2, 0.25) is 0 Å². The third-order valence-corrected chi connectivity index (χ3v) is 7.27. The van der Waals surface area contributed by atoms with Crippen LogP contribution >= 0.6 is 22.7 Å². The molecule has 0 atom stereocenters. The number of benzene rings is 2. The van der Waals surface area contributed by atoms with Crippen molar-refractivity contribution >= 4 is 65.8 Å². The molecule has 4 heterocycles. The molecule has 146 valence electrons. The van der Waals surface area contributed by atoms with Crippen LogP contribution in [0.1, 0.15) is 16.1 Å². The number of hydrogen-bond acceptors (Lipinski definition) is 6. The summed E-state index contributed by atoms with van der Waals surface area (Å²) < 4.78 is 10.2. The Hall–Kier alpha value is -3.49. The lowest BCUT2D eigenvalue weighted by atomic mass is 10.3. The van der Waals surface area contributed by atoms with Gasteiger partial charge in [0.25, 0.3) is 5.56 Å². The monoisotopic (exact) mass is 431 g/mol. The molecule has 8 heteroatoms. The van der Waals surface area contributed by atoms with Crippen LogP contribution in [0, 0.1) is 0 Å². The van der Waals surface area contributed by atoms with Crippen molar-refractivity contribution in [1.29, 1.82) is 0 Å². The lowest BCUT2D eigenvalue weighted by Crippen LogP contribution is -2.22. The maximum Gasteiger partial charge on any atom is 0.355 e. The second kappa shape index (κ2) is 6.25. The van der Waals surface area contributed by atoms with E-state index in [0.717, 1.165) is 31.6 Å². The van der Waals surface area contributed by atoms with Gasteiger partial charge < -0.3 is 4.74 Å². The number of nitrogens with zero attached hydrogens (tertiary/aromatic N) is 3. The number of fused-ring (bicyclic) bond motifs is 6. The molecule has 6 aromatic rings. The minimum Gasteiger partial charge on any atom is -0.464 e. The number of rotatable bonds is 2. The summed E-state index contributed by atoms with van der Waals surface area (Å²) in [6.45, 7) is 0. The van der Waals surface area contributed by atoms with Crippen LogP contribution in [0.3, 0.4) is 0 Å². The molecule has 30 heavy (non-hydrogen) atoms. The Morgan fingerprint density at radius 1 is 1.03 bits per heavy atom. The number of ether oxygens (including phenoxy) is 1. The van der Waals surface area contributed by atoms with Crippen LogP contribution in [0.5, 0.6) is 0 Å². The van der Waals surface area contributed by atoms with Crippen molar-refractivity contribution < 1.29 is 9.53 Å². The first-order valence-electron chi connectivity index (χ1n) is 9.19. The molecule has 0 radical (unpaired) electrons. The van der Waals surface area contributed by atoms with Gasteiger partial charge in [0, 0.05) is 5.56 Å². The van der Waals surface area contributed by atoms with Crippen LogP contribution in [-0.2, 0) is 4.74 Å². The molecule has 0 aliphatic carbocycles. The summed E-state index contributed by atoms with van der Waals surface area (Å²) in [5, 5.41) is 0. The van der Waals surface area contributed by atoms with Gasteiger partial charge >= 0.3 is 5.97 Å². The van der Waals surface area contributed by atoms with E-state index in [9.17, 15) is 9.59 Å². The van der Waals surface area contributed by atoms with Crippen molar-refractivity contribution in [1.82, 2.24) is 13.8 Å². The predicted octanol–water partition coefficient (Wildman–Crippen LogP) is 3.71. The summed E-state index contributed by atoms with van der Waals surface area (Å²) in [5.74, 6) is -0.414. The third kappa shape index (κ3) is 2.31. The molecule has 6 rings (SSSR count). The van der Waals surface area contributed by atoms with Gasteiger partial charge in [-0.1, -0.05) is 35.6 Å². The van der Waals surface area contributed by atoms with Crippen molar-refractivity contribution in [2.24, 2.45) is 0 Å². The molecule has 0 N–H and O–H groups in total. The zero-order valence-electron chi connectivity index (χ0n) is 15.7. The van der Waals surface area contributed by atoms with Gasteiger partial charge in [0.05, 0.1) is 32.9 Å². The van der Waals surface area contributed by atoms with Crippen molar-refractivity contribution in [3.05, 3.63) is 80.7 Å². The number of carbonyl (C=O) groups is 1. The normalized spacial score (nSPS) is 12.6. The Labute approximate surface area is 176 Å². The van der Waals surface area contributed by atoms with Crippen LogP contribution in [0.25, 0.3) is 37.1 Å². The quantitative estimate of drug-likeness (QED) is 0.392. The van der Waals surface area contributed by atoms with Gasteiger partial charge in [-0.05, 0) is 36.4 Å². The first-order valence-corrected chi connectivity index (χ1v) is 10.8. The van der Waals surface area contributed by atoms with Crippen LogP contribution < -0.4 is 10.1 Å². The predicted molar refractivity (Wildman–Crippen MR) is 120 cm³/mol. The number of hydrogen-bond donors (Lipinski definition) is 0. The van der Waals surface area contributed by atoms with Gasteiger partial charge in [0.1, 0.15) is 10.5 Å². The SMILES string of the molecule is COC(=O)c1cc(/C=c2\sc3nc4ccccc4n3c2=O)c2sc3ccccc3n12. The maximum atomic E-state index is 13.1. The molecular weight excluding hydrogens is 418 g/mol. The van der Waals surface area contributed by atoms with Crippen LogP contribution in [0.4, 0.5) is 0 Å². The van der Waals surface area contributed by atoms with Gasteiger partial charge in [-0.2, -0.15) is 0 Å². The Morgan fingerprint density at radius 2 is 1.80 bits per heavy atom. The van der Waals surface area contributed by atoms with Crippen LogP contribution in [0.15, 0.2) is 59.4 Å². The van der Waals surface area contributed by atoms with Gasteiger partial charge in [-0.3, -0.25) is 9.20 Å². The number of aromatic nitrogens is 3. The highest BCUT2D eigenvalue weighted by Crippen LogP contribution is 2.32. The smallest absolute Gasteiger partial charge is 0.355 e. The van der Waals surface area contributed by atoms with E-state index in [1.54, 1.807) is 21.8 Å². The van der Waals surface area contributed by atoms with Crippen molar-refractivity contribution in [2.45, 2.75) is 0 Å². The summed E-state index contributed by atoms with van der Waals surface area (Å²) in [6.07, 6.45) is 1.84. The molecule has 0 aliphatic heterocycles. The zero-order valence-corrected chi connectivity index (χ0v) is 17.3. The Balaban J connectivity index is 1.67. The second-order valence-corrected chi connectivity index (χ2v) is 8.86. The molecule has 0 amide bonds. The fourth-order valence-corrected chi connectivity index (χ4v) is 5.92. The fourth-order valence-electron chi connectivity index (χ4n) is 3.80. The first kappa shape index (κ1) is 17.4. The highest BCUT2D eigenvalue weighted by molar-refractivity contribution is 7.24. The zero-order chi connectivity index (χ0) is 20.4. The highest BCUT2D eigenvalue weighted by atomic mass is 32.1. The molecule has 0 saturated carbocycles. The standard InChI is InChI=1S/C22H13N3O3S2/c1-28-21(27)16-10-12(20-24(16)15-8-4-5-9-17(15)29-20)11-18-19(26)25-14-7-3-2-6-13(14)23-22(25)30-18/h2-11H,1H3/b18-11-. The van der Waals surface area contributed by atoms with Gasteiger partial charge in [0.15, 0.2) is 4.96 Å². The molecule has 6 nitrogen and oxygen atoms in total. The molecule has 0 unspecified atom stereocenters. The third-order valence-electron chi connectivity index (χ3n) is 5.12. The molecule has 0 bridgehead atoms. The number of esters is 1. The maximum absolute atomic E-state index is 13.1. The Kier molecular flexibility index (Phi) is 3.62. The Morgan fingerprint density at radius 3 is 2.63 bits per heavy atom. The lowest BCUT2D eigenvalue weighted by Gasteiger charge is -1.98. The first-order chi connectivity index (χ1) is 14.7. The van der Waals surface area contributed by atoms with E-state index in [2.05, 4.69) is 4.98 Å². The van der Waals surface area contributed by atoms with E-state index < -0.39 is 5.97 Å². The van der Waals surface area contributed by atoms with Gasteiger partial charge in [0.2, 0.25) is 0 Å². The van der Waals surface area contributed by atoms with E-state index in [0.29, 0.717) is 15.2 Å². The summed E-state index contributed by atoms with van der Waals surface area (Å²) in [6, 6.07) is 17.3. The van der Waals surface area contributed by atoms with Crippen molar-refractivity contribution in [2.75, 3.05) is 7.11 Å². The average Bonchev–Trinajstić information content (AvgIpc) is 3.48. The van der Waals surface area contributed by atoms with E-state index in [1.807, 2.05) is 59.0 Å². The largest absolute Gasteiger partial charge is 0.464 e. The van der Waals surface area contributed by atoms with E-state index in [-0.39, 0.29) is 5.56 Å². The molecule has 0 fully saturated rings. The number of para-hydroxylation sites is 3. The molecule has 0 spiro atoms. The second-order valence-electron chi connectivity index (χ2n) is 6.82. The molecule has 4 aromatic heterocycles. The minimum atomic E-state index is -0.414. The highest BCUT2D eigenvalue weighted by Gasteiger charge is 2.19. The molecule has 0 saturated heterocycles. The number of thiazole rings is 2. The average molecular weight is 431 g/mol. The summed E-state index contributed by atoms with van der Waals surface area (Å²) >= 11 is 2.92. The molecule has 2 aromatic carbocycles. The Bertz CT molecular complexity index is 1740. The van der Waals surface area contributed by atoms with Gasteiger partial charge in [-0.15, -0.1) is 11.3 Å². The van der Waals surface area contributed by atoms with Gasteiger partial charge in [-0.25, -0.2) is 14.2 Å². The number of carbonyl (C=O) groups excluding carboxylic acids is 1. The molecule has 0 aliphatic rings. The summed E-state index contributed by atoms with van der Waals surface area (Å²) in [7, 11) is 1.37. The molecular formula is C22H13N3O3S2. The summed E-state index contributed by atoms with van der Waals surface area (Å²) in [5.41, 5.74) is 3.68. The topological polar surface area (TPSA) is 65.1 Å². The van der Waals surface area contributed by atoms with Crippen molar-refractivity contribution in [3.63, 3.8) is 0 Å². The lowest BCUT2D eigenvalue weighted by molar-refractivity contribution is 0.0593. The summed E-state index contributed by atoms with van der Waals surface area (Å²) in [4.78, 5) is 31.7. The van der Waals surface area contributed by atoms with Crippen molar-refractivity contribution in [3.8, 4) is 0 Å². The minimum absolute atomic E-state index is 0.108. The fraction of sp³-hybridized carbons (Fsp3) is 0.0455.